The molecule has 6 nitrogen and oxygen atoms in total. The average molecular weight is 422 g/mol. The van der Waals surface area contributed by atoms with E-state index in [4.69, 9.17) is 9.15 Å². The summed E-state index contributed by atoms with van der Waals surface area (Å²) in [5, 5.41) is 2.52. The third-order valence-corrected chi connectivity index (χ3v) is 5.74. The molecule has 2 aromatic carbocycles. The van der Waals surface area contributed by atoms with E-state index in [1.165, 1.54) is 28.4 Å². The summed E-state index contributed by atoms with van der Waals surface area (Å²) in [7, 11) is 0. The van der Waals surface area contributed by atoms with E-state index < -0.39 is 17.8 Å². The lowest BCUT2D eigenvalue weighted by Crippen LogP contribution is -2.29. The van der Waals surface area contributed by atoms with Gasteiger partial charge in [-0.05, 0) is 36.8 Å². The zero-order valence-electron chi connectivity index (χ0n) is 15.8. The minimum Gasteiger partial charge on any atom is -0.494 e. The molecule has 0 saturated carbocycles. The molecule has 1 atom stereocenters. The molecule has 3 heterocycles. The van der Waals surface area contributed by atoms with Gasteiger partial charge in [-0.1, -0.05) is 12.1 Å². The van der Waals surface area contributed by atoms with Gasteiger partial charge >= 0.3 is 0 Å². The molecule has 8 heteroatoms. The van der Waals surface area contributed by atoms with Gasteiger partial charge in [-0.15, -0.1) is 11.3 Å². The van der Waals surface area contributed by atoms with Crippen molar-refractivity contribution in [3.05, 3.63) is 87.0 Å². The highest BCUT2D eigenvalue weighted by Crippen LogP contribution is 2.42. The number of halogens is 1. The highest BCUT2D eigenvalue weighted by Gasteiger charge is 2.44. The zero-order chi connectivity index (χ0) is 20.8. The van der Waals surface area contributed by atoms with Crippen molar-refractivity contribution in [1.29, 1.82) is 0 Å². The number of hydrogen-bond donors (Lipinski definition) is 0. The molecule has 1 aliphatic rings. The topological polar surface area (TPSA) is 72.6 Å². The maximum absolute atomic E-state index is 13.5. The summed E-state index contributed by atoms with van der Waals surface area (Å²) in [6, 6.07) is 9.89. The van der Waals surface area contributed by atoms with Crippen molar-refractivity contribution < 1.29 is 18.3 Å². The van der Waals surface area contributed by atoms with Crippen LogP contribution in [0.1, 0.15) is 34.6 Å². The molecular weight excluding hydrogens is 407 g/mol. The molecule has 1 amide bonds. The molecule has 4 aromatic rings. The Balaban J connectivity index is 1.77. The van der Waals surface area contributed by atoms with Crippen molar-refractivity contribution in [2.75, 3.05) is 11.5 Å². The van der Waals surface area contributed by atoms with E-state index in [-0.39, 0.29) is 22.3 Å². The van der Waals surface area contributed by atoms with Crippen molar-refractivity contribution >= 4 is 33.3 Å². The van der Waals surface area contributed by atoms with E-state index in [9.17, 15) is 14.0 Å². The van der Waals surface area contributed by atoms with Gasteiger partial charge in [-0.2, -0.15) is 0 Å². The van der Waals surface area contributed by atoms with Gasteiger partial charge in [0.25, 0.3) is 5.91 Å². The lowest BCUT2D eigenvalue weighted by Gasteiger charge is -2.22. The van der Waals surface area contributed by atoms with Crippen LogP contribution in [0.15, 0.2) is 63.3 Å². The first-order valence-corrected chi connectivity index (χ1v) is 10.2. The fraction of sp³-hybridized carbons (Fsp3) is 0.136. The molecule has 0 saturated heterocycles. The van der Waals surface area contributed by atoms with Gasteiger partial charge in [0.1, 0.15) is 17.1 Å². The Kier molecular flexibility index (Phi) is 4.36. The minimum atomic E-state index is -0.758. The van der Waals surface area contributed by atoms with Crippen LogP contribution in [0.3, 0.4) is 0 Å². The van der Waals surface area contributed by atoms with Gasteiger partial charge in [-0.25, -0.2) is 9.37 Å². The van der Waals surface area contributed by atoms with Crippen LogP contribution in [0.5, 0.6) is 5.75 Å². The highest BCUT2D eigenvalue weighted by atomic mass is 32.1. The Labute approximate surface area is 174 Å². The fourth-order valence-corrected chi connectivity index (χ4v) is 4.37. The molecule has 5 rings (SSSR count). The molecule has 0 spiro atoms. The SMILES string of the molecule is CCOc1ccc2c(=O)c3c(oc2c1)C(=O)N(c1nccs1)C3c1ccc(F)cc1. The van der Waals surface area contributed by atoms with Gasteiger partial charge in [0.2, 0.25) is 5.76 Å². The molecule has 0 N–H and O–H groups in total. The number of benzene rings is 2. The van der Waals surface area contributed by atoms with Crippen molar-refractivity contribution in [1.82, 2.24) is 4.98 Å². The molecule has 0 radical (unpaired) electrons. The van der Waals surface area contributed by atoms with Crippen LogP contribution >= 0.6 is 11.3 Å². The molecular formula is C22H15FN2O4S. The van der Waals surface area contributed by atoms with Crippen LogP contribution in [-0.2, 0) is 0 Å². The Morgan fingerprint density at radius 1 is 1.20 bits per heavy atom. The first kappa shape index (κ1) is 18.5. The normalized spacial score (nSPS) is 15.6. The first-order chi connectivity index (χ1) is 14.6. The van der Waals surface area contributed by atoms with Crippen LogP contribution in [0, 0.1) is 5.82 Å². The summed E-state index contributed by atoms with van der Waals surface area (Å²) < 4.78 is 24.9. The second kappa shape index (κ2) is 7.07. The second-order valence-electron chi connectivity index (χ2n) is 6.71. The average Bonchev–Trinajstić information content (AvgIpc) is 3.36. The summed E-state index contributed by atoms with van der Waals surface area (Å²) in [6.45, 7) is 2.32. The number of amides is 1. The minimum absolute atomic E-state index is 0.0364. The quantitative estimate of drug-likeness (QED) is 0.483. The van der Waals surface area contributed by atoms with E-state index in [1.54, 1.807) is 41.9 Å². The molecule has 0 bridgehead atoms. The van der Waals surface area contributed by atoms with Gasteiger partial charge < -0.3 is 9.15 Å². The summed E-state index contributed by atoms with van der Waals surface area (Å²) >= 11 is 1.27. The third-order valence-electron chi connectivity index (χ3n) is 4.97. The smallest absolute Gasteiger partial charge is 0.297 e. The Morgan fingerprint density at radius 3 is 2.70 bits per heavy atom. The maximum atomic E-state index is 13.5. The van der Waals surface area contributed by atoms with Crippen LogP contribution in [0.25, 0.3) is 11.0 Å². The van der Waals surface area contributed by atoms with Crippen LogP contribution in [-0.4, -0.2) is 17.5 Å². The fourth-order valence-electron chi connectivity index (χ4n) is 3.70. The summed E-state index contributed by atoms with van der Waals surface area (Å²) in [4.78, 5) is 32.4. The molecule has 0 aliphatic carbocycles. The van der Waals surface area contributed by atoms with E-state index in [1.807, 2.05) is 6.92 Å². The monoisotopic (exact) mass is 422 g/mol. The van der Waals surface area contributed by atoms with Crippen molar-refractivity contribution in [2.45, 2.75) is 13.0 Å². The number of rotatable bonds is 4. The standard InChI is InChI=1S/C22H15FN2O4S/c1-2-28-14-7-8-15-16(11-14)29-20-17(19(15)26)18(12-3-5-13(23)6-4-12)25(21(20)27)22-24-9-10-30-22/h3-11,18H,2H2,1H3. The Hall–Kier alpha value is -3.52. The highest BCUT2D eigenvalue weighted by molar-refractivity contribution is 7.13. The van der Waals surface area contributed by atoms with E-state index >= 15 is 0 Å². The van der Waals surface area contributed by atoms with Crippen LogP contribution in [0.2, 0.25) is 0 Å². The number of fused-ring (bicyclic) bond motifs is 2. The van der Waals surface area contributed by atoms with Crippen molar-refractivity contribution in [2.24, 2.45) is 0 Å². The van der Waals surface area contributed by atoms with Crippen molar-refractivity contribution in [3.8, 4) is 5.75 Å². The second-order valence-corrected chi connectivity index (χ2v) is 7.58. The molecule has 150 valence electrons. The van der Waals surface area contributed by atoms with E-state index in [2.05, 4.69) is 4.98 Å². The predicted molar refractivity (Wildman–Crippen MR) is 111 cm³/mol. The summed E-state index contributed by atoms with van der Waals surface area (Å²) in [5.74, 6) is -0.357. The molecule has 30 heavy (non-hydrogen) atoms. The summed E-state index contributed by atoms with van der Waals surface area (Å²) in [6.07, 6.45) is 1.58. The number of carbonyl (C=O) groups is 1. The van der Waals surface area contributed by atoms with E-state index in [0.29, 0.717) is 28.4 Å². The molecule has 0 fully saturated rings. The lowest BCUT2D eigenvalue weighted by atomic mass is 9.98. The molecule has 1 aliphatic heterocycles. The third kappa shape index (κ3) is 2.80. The first-order valence-electron chi connectivity index (χ1n) is 9.30. The summed E-state index contributed by atoms with van der Waals surface area (Å²) in [5.41, 5.74) is 0.780. The van der Waals surface area contributed by atoms with Gasteiger partial charge in [0.05, 0.1) is 23.6 Å². The zero-order valence-corrected chi connectivity index (χ0v) is 16.6. The Morgan fingerprint density at radius 2 is 2.00 bits per heavy atom. The largest absolute Gasteiger partial charge is 0.494 e. The Bertz CT molecular complexity index is 1320. The predicted octanol–water partition coefficient (Wildman–Crippen LogP) is 4.54. The number of anilines is 1. The van der Waals surface area contributed by atoms with Crippen LogP contribution in [0.4, 0.5) is 9.52 Å². The van der Waals surface area contributed by atoms with E-state index in [0.717, 1.165) is 0 Å². The molecule has 2 aromatic heterocycles. The van der Waals surface area contributed by atoms with Gasteiger partial charge in [-0.3, -0.25) is 14.5 Å². The number of hydrogen-bond acceptors (Lipinski definition) is 6. The van der Waals surface area contributed by atoms with Gasteiger partial charge in [0, 0.05) is 17.6 Å². The van der Waals surface area contributed by atoms with Gasteiger partial charge in [0.15, 0.2) is 10.6 Å². The number of ether oxygens (including phenoxy) is 1. The maximum Gasteiger partial charge on any atom is 0.297 e. The lowest BCUT2D eigenvalue weighted by molar-refractivity contribution is 0.0971. The number of carbonyl (C=O) groups excluding carboxylic acids is 1. The number of thiazole rings is 1. The molecule has 1 unspecified atom stereocenters. The van der Waals surface area contributed by atoms with Crippen molar-refractivity contribution in [3.63, 3.8) is 0 Å². The number of aromatic nitrogens is 1. The van der Waals surface area contributed by atoms with Crippen LogP contribution < -0.4 is 15.1 Å². The number of nitrogens with zero attached hydrogens (tertiary/aromatic N) is 2.